The van der Waals surface area contributed by atoms with E-state index in [0.717, 1.165) is 30.4 Å². The third-order valence-electron chi connectivity index (χ3n) is 7.36. The highest BCUT2D eigenvalue weighted by Gasteiger charge is 2.19. The zero-order chi connectivity index (χ0) is 26.0. The minimum absolute atomic E-state index is 0.154. The molecule has 0 aromatic heterocycles. The van der Waals surface area contributed by atoms with Gasteiger partial charge in [0, 0.05) is 18.7 Å². The van der Waals surface area contributed by atoms with E-state index < -0.39 is 6.10 Å². The topological polar surface area (TPSA) is 52.8 Å². The van der Waals surface area contributed by atoms with Gasteiger partial charge >= 0.3 is 0 Å². The summed E-state index contributed by atoms with van der Waals surface area (Å²) in [5.74, 6) is 0. The van der Waals surface area contributed by atoms with Gasteiger partial charge in [-0.15, -0.1) is 0 Å². The number of nitrogens with zero attached hydrogens (tertiary/aromatic N) is 2. The van der Waals surface area contributed by atoms with E-state index in [4.69, 9.17) is 10.1 Å². The Balaban J connectivity index is 3.35. The van der Waals surface area contributed by atoms with Crippen molar-refractivity contribution in [2.45, 2.75) is 155 Å². The van der Waals surface area contributed by atoms with Crippen molar-refractivity contribution in [2.24, 2.45) is 4.99 Å². The number of aliphatic imine (C=N–C) groups is 1. The maximum absolute atomic E-state index is 9.63. The van der Waals surface area contributed by atoms with Gasteiger partial charge in [0.05, 0.1) is 27.2 Å². The quantitative estimate of drug-likeness (QED) is 0.0684. The molecular formula is C31H65N2O2+. The third kappa shape index (κ3) is 26.4. The molecule has 1 unspecified atom stereocenters. The minimum Gasteiger partial charge on any atom is -0.393 e. The van der Waals surface area contributed by atoms with E-state index >= 15 is 0 Å². The molecule has 0 rings (SSSR count). The van der Waals surface area contributed by atoms with Crippen LogP contribution in [0.5, 0.6) is 0 Å². The highest BCUT2D eigenvalue weighted by atomic mass is 16.3. The fourth-order valence-electron chi connectivity index (χ4n) is 5.03. The van der Waals surface area contributed by atoms with Crippen molar-refractivity contribution in [3.8, 4) is 0 Å². The molecule has 4 heteroatoms. The standard InChI is InChI=1S/C31H65N2O2/c1-5-6-7-8-9-10-11-12-13-14-15-16-17-18-19-20-21-22-23-25-30(2)32-26-24-27-33(3,4)28-31(35)29-34/h31,34-35H,5-29H2,1-4H3/q+1. The molecule has 0 spiro atoms. The summed E-state index contributed by atoms with van der Waals surface area (Å²) in [7, 11) is 4.21. The minimum atomic E-state index is -0.621. The van der Waals surface area contributed by atoms with E-state index in [1.807, 2.05) is 0 Å². The molecule has 0 aromatic rings. The van der Waals surface area contributed by atoms with Crippen LogP contribution in [-0.4, -0.2) is 66.8 Å². The van der Waals surface area contributed by atoms with Gasteiger partial charge in [0.1, 0.15) is 12.6 Å². The van der Waals surface area contributed by atoms with Crippen LogP contribution in [0.1, 0.15) is 149 Å². The molecule has 0 aromatic carbocycles. The summed E-state index contributed by atoms with van der Waals surface area (Å²) in [5, 5.41) is 18.6. The molecule has 0 radical (unpaired) electrons. The second-order valence-electron chi connectivity index (χ2n) is 11.8. The van der Waals surface area contributed by atoms with E-state index in [9.17, 15) is 5.11 Å². The second-order valence-corrected chi connectivity index (χ2v) is 11.8. The molecule has 0 heterocycles. The summed E-state index contributed by atoms with van der Waals surface area (Å²) >= 11 is 0. The number of hydrogen-bond donors (Lipinski definition) is 2. The smallest absolute Gasteiger partial charge is 0.126 e. The van der Waals surface area contributed by atoms with Crippen molar-refractivity contribution in [1.82, 2.24) is 0 Å². The van der Waals surface area contributed by atoms with Gasteiger partial charge in [-0.1, -0.05) is 122 Å². The van der Waals surface area contributed by atoms with Crippen LogP contribution in [0.3, 0.4) is 0 Å². The first kappa shape index (κ1) is 34.6. The molecule has 0 aliphatic heterocycles. The van der Waals surface area contributed by atoms with Gasteiger partial charge in [-0.05, 0) is 19.8 Å². The average molecular weight is 498 g/mol. The number of rotatable bonds is 27. The molecule has 0 bridgehead atoms. The number of aliphatic hydroxyl groups excluding tert-OH is 2. The summed E-state index contributed by atoms with van der Waals surface area (Å²) in [5.41, 5.74) is 1.29. The van der Waals surface area contributed by atoms with Crippen LogP contribution >= 0.6 is 0 Å². The summed E-state index contributed by atoms with van der Waals surface area (Å²) in [4.78, 5) is 4.74. The second kappa shape index (κ2) is 25.2. The first-order chi connectivity index (χ1) is 16.9. The van der Waals surface area contributed by atoms with E-state index in [2.05, 4.69) is 27.9 Å². The van der Waals surface area contributed by atoms with Crippen LogP contribution < -0.4 is 0 Å². The van der Waals surface area contributed by atoms with Crippen LogP contribution in [0.2, 0.25) is 0 Å². The molecule has 4 nitrogen and oxygen atoms in total. The molecular weight excluding hydrogens is 432 g/mol. The first-order valence-electron chi connectivity index (χ1n) is 15.5. The lowest BCUT2D eigenvalue weighted by molar-refractivity contribution is -0.893. The van der Waals surface area contributed by atoms with Crippen molar-refractivity contribution < 1.29 is 14.7 Å². The van der Waals surface area contributed by atoms with Crippen LogP contribution in [0.15, 0.2) is 4.99 Å². The molecule has 1 atom stereocenters. The zero-order valence-corrected chi connectivity index (χ0v) is 24.5. The first-order valence-corrected chi connectivity index (χ1v) is 15.5. The Hall–Kier alpha value is -0.450. The highest BCUT2D eigenvalue weighted by molar-refractivity contribution is 5.81. The van der Waals surface area contributed by atoms with Crippen molar-refractivity contribution >= 4 is 5.71 Å². The summed E-state index contributed by atoms with van der Waals surface area (Å²) in [6.07, 6.45) is 28.6. The summed E-state index contributed by atoms with van der Waals surface area (Å²) in [6.45, 7) is 6.76. The predicted octanol–water partition coefficient (Wildman–Crippen LogP) is 8.09. The van der Waals surface area contributed by atoms with Gasteiger partial charge in [0.2, 0.25) is 0 Å². The molecule has 0 saturated carbocycles. The van der Waals surface area contributed by atoms with E-state index in [-0.39, 0.29) is 6.61 Å². The van der Waals surface area contributed by atoms with Gasteiger partial charge in [0.25, 0.3) is 0 Å². The summed E-state index contributed by atoms with van der Waals surface area (Å²) in [6, 6.07) is 0. The molecule has 210 valence electrons. The summed E-state index contributed by atoms with van der Waals surface area (Å²) < 4.78 is 0.732. The van der Waals surface area contributed by atoms with Gasteiger partial charge in [0.15, 0.2) is 0 Å². The lowest BCUT2D eigenvalue weighted by atomic mass is 10.0. The van der Waals surface area contributed by atoms with Gasteiger partial charge in [-0.25, -0.2) is 0 Å². The SMILES string of the molecule is CCCCCCCCCCCCCCCCCCCCCC(C)=NCCC[N+](C)(C)CC(O)CO. The Morgan fingerprint density at radius 2 is 1.06 bits per heavy atom. The van der Waals surface area contributed by atoms with Crippen LogP contribution in [0, 0.1) is 0 Å². The van der Waals surface area contributed by atoms with Crippen molar-refractivity contribution in [1.29, 1.82) is 0 Å². The molecule has 2 N–H and O–H groups in total. The van der Waals surface area contributed by atoms with Gasteiger partial charge in [-0.3, -0.25) is 4.99 Å². The molecule has 0 fully saturated rings. The number of quaternary nitrogens is 1. The number of aliphatic hydroxyl groups is 2. The maximum atomic E-state index is 9.63. The number of hydrogen-bond acceptors (Lipinski definition) is 3. The van der Waals surface area contributed by atoms with E-state index in [0.29, 0.717) is 6.54 Å². The largest absolute Gasteiger partial charge is 0.393 e. The van der Waals surface area contributed by atoms with Crippen molar-refractivity contribution in [2.75, 3.05) is 40.3 Å². The molecule has 0 saturated heterocycles. The van der Waals surface area contributed by atoms with Crippen LogP contribution in [0.4, 0.5) is 0 Å². The maximum Gasteiger partial charge on any atom is 0.126 e. The fourth-order valence-corrected chi connectivity index (χ4v) is 5.03. The molecule has 0 aliphatic rings. The number of unbranched alkanes of at least 4 members (excludes halogenated alkanes) is 18. The number of likely N-dealkylation sites (N-methyl/N-ethyl adjacent to an activating group) is 1. The Morgan fingerprint density at radius 1 is 0.657 bits per heavy atom. The Kier molecular flexibility index (Phi) is 24.9. The van der Waals surface area contributed by atoms with E-state index in [1.54, 1.807) is 0 Å². The van der Waals surface area contributed by atoms with Crippen LogP contribution in [0.25, 0.3) is 0 Å². The normalized spacial score (nSPS) is 13.5. The molecule has 0 amide bonds. The Labute approximate surface area is 220 Å². The van der Waals surface area contributed by atoms with E-state index in [1.165, 1.54) is 128 Å². The predicted molar refractivity (Wildman–Crippen MR) is 156 cm³/mol. The lowest BCUT2D eigenvalue weighted by Gasteiger charge is -2.31. The lowest BCUT2D eigenvalue weighted by Crippen LogP contribution is -2.47. The van der Waals surface area contributed by atoms with Crippen molar-refractivity contribution in [3.63, 3.8) is 0 Å². The Morgan fingerprint density at radius 3 is 1.46 bits per heavy atom. The molecule has 0 aliphatic carbocycles. The van der Waals surface area contributed by atoms with Crippen LogP contribution in [-0.2, 0) is 0 Å². The van der Waals surface area contributed by atoms with Crippen molar-refractivity contribution in [3.05, 3.63) is 0 Å². The Bertz CT molecular complexity index is 465. The van der Waals surface area contributed by atoms with Gasteiger partial charge in [-0.2, -0.15) is 0 Å². The highest BCUT2D eigenvalue weighted by Crippen LogP contribution is 2.15. The van der Waals surface area contributed by atoms with Gasteiger partial charge < -0.3 is 14.7 Å². The molecule has 35 heavy (non-hydrogen) atoms. The average Bonchev–Trinajstić information content (AvgIpc) is 2.83. The zero-order valence-electron chi connectivity index (χ0n) is 24.5. The monoisotopic (exact) mass is 498 g/mol. The fraction of sp³-hybridized carbons (Fsp3) is 0.968. The third-order valence-corrected chi connectivity index (χ3v) is 7.36.